The molecule has 1 unspecified atom stereocenters. The highest BCUT2D eigenvalue weighted by atomic mass is 32.2. The molecule has 2 aliphatic rings. The van der Waals surface area contributed by atoms with Crippen LogP contribution in [0.3, 0.4) is 0 Å². The smallest absolute Gasteiger partial charge is 0.0795 e. The topological polar surface area (TPSA) is 53.0 Å². The van der Waals surface area contributed by atoms with E-state index >= 15 is 0 Å². The third-order valence-corrected chi connectivity index (χ3v) is 5.11. The molecule has 2 saturated heterocycles. The first-order chi connectivity index (χ1) is 4.16. The van der Waals surface area contributed by atoms with Crippen LogP contribution in [0.25, 0.3) is 0 Å². The Kier molecular flexibility index (Phi) is 0.833. The zero-order valence-corrected chi connectivity index (χ0v) is 5.96. The van der Waals surface area contributed by atoms with Gasteiger partial charge in [0.2, 0.25) is 0 Å². The summed E-state index contributed by atoms with van der Waals surface area (Å²) in [6.07, 6.45) is 1.00. The molecule has 9 heavy (non-hydrogen) atoms. The van der Waals surface area contributed by atoms with E-state index in [-0.39, 0.29) is 4.75 Å². The van der Waals surface area contributed by atoms with E-state index in [0.29, 0.717) is 5.75 Å². The van der Waals surface area contributed by atoms with E-state index < -0.39 is 9.73 Å². The first kappa shape index (κ1) is 5.68. The van der Waals surface area contributed by atoms with Crippen molar-refractivity contribution in [3.8, 4) is 0 Å². The van der Waals surface area contributed by atoms with Gasteiger partial charge in [-0.3, -0.25) is 4.78 Å². The zero-order chi connectivity index (χ0) is 6.54. The molecule has 1 spiro atoms. The van der Waals surface area contributed by atoms with Gasteiger partial charge in [-0.15, -0.1) is 0 Å². The second kappa shape index (κ2) is 1.32. The van der Waals surface area contributed by atoms with Crippen LogP contribution >= 0.6 is 0 Å². The SMILES string of the molecule is N=S1(=O)CCC12CNC2. The third kappa shape index (κ3) is 0.483. The van der Waals surface area contributed by atoms with Gasteiger partial charge in [0.25, 0.3) is 0 Å². The van der Waals surface area contributed by atoms with E-state index in [9.17, 15) is 4.21 Å². The van der Waals surface area contributed by atoms with Crippen LogP contribution in [0.15, 0.2) is 0 Å². The lowest BCUT2D eigenvalue weighted by molar-refractivity contribution is 0.342. The summed E-state index contributed by atoms with van der Waals surface area (Å²) in [6.45, 7) is 1.63. The normalized spacial score (nSPS) is 45.8. The molecule has 0 aromatic carbocycles. The van der Waals surface area contributed by atoms with Gasteiger partial charge in [-0.25, -0.2) is 4.21 Å². The zero-order valence-electron chi connectivity index (χ0n) is 5.14. The van der Waals surface area contributed by atoms with Crippen molar-refractivity contribution in [1.29, 1.82) is 4.78 Å². The molecule has 0 bridgehead atoms. The van der Waals surface area contributed by atoms with Crippen molar-refractivity contribution in [2.45, 2.75) is 11.2 Å². The van der Waals surface area contributed by atoms with E-state index in [1.807, 2.05) is 0 Å². The highest BCUT2D eigenvalue weighted by Gasteiger charge is 2.53. The van der Waals surface area contributed by atoms with Gasteiger partial charge in [-0.2, -0.15) is 0 Å². The van der Waals surface area contributed by atoms with Crippen LogP contribution in [0.2, 0.25) is 0 Å². The second-order valence-corrected chi connectivity index (χ2v) is 5.54. The van der Waals surface area contributed by atoms with E-state index in [0.717, 1.165) is 19.5 Å². The monoisotopic (exact) mass is 146 g/mol. The quantitative estimate of drug-likeness (QED) is 0.496. The summed E-state index contributed by atoms with van der Waals surface area (Å²) in [7, 11) is -2.15. The minimum absolute atomic E-state index is 0.0764. The number of hydrogen-bond donors (Lipinski definition) is 2. The summed E-state index contributed by atoms with van der Waals surface area (Å²) in [5.41, 5.74) is 0. The molecular weight excluding hydrogens is 136 g/mol. The van der Waals surface area contributed by atoms with Gasteiger partial charge in [-0.05, 0) is 6.42 Å². The summed E-state index contributed by atoms with van der Waals surface area (Å²) in [5, 5.41) is 3.06. The molecule has 2 heterocycles. The molecule has 3 nitrogen and oxygen atoms in total. The minimum atomic E-state index is -2.15. The molecule has 0 saturated carbocycles. The van der Waals surface area contributed by atoms with Crippen LogP contribution in [0, 0.1) is 4.78 Å². The van der Waals surface area contributed by atoms with Gasteiger partial charge in [0.05, 0.1) is 14.5 Å². The second-order valence-electron chi connectivity index (χ2n) is 2.92. The Balaban J connectivity index is 2.33. The van der Waals surface area contributed by atoms with Crippen LogP contribution in [-0.2, 0) is 9.73 Å². The third-order valence-electron chi connectivity index (χ3n) is 2.44. The number of nitrogens with one attached hydrogen (secondary N) is 2. The predicted octanol–water partition coefficient (Wildman–Crippen LogP) is -0.221. The molecule has 2 rings (SSSR count). The van der Waals surface area contributed by atoms with Crippen molar-refractivity contribution < 1.29 is 4.21 Å². The van der Waals surface area contributed by atoms with Crippen molar-refractivity contribution >= 4 is 9.73 Å². The average Bonchev–Trinajstić information content (AvgIpc) is 1.59. The maximum atomic E-state index is 11.2. The van der Waals surface area contributed by atoms with Crippen LogP contribution in [0.5, 0.6) is 0 Å². The molecule has 0 aromatic rings. The van der Waals surface area contributed by atoms with Crippen LogP contribution < -0.4 is 5.32 Å². The maximum absolute atomic E-state index is 11.2. The van der Waals surface area contributed by atoms with Gasteiger partial charge in [0.1, 0.15) is 0 Å². The number of hydrogen-bond acceptors (Lipinski definition) is 3. The van der Waals surface area contributed by atoms with Gasteiger partial charge < -0.3 is 5.32 Å². The highest BCUT2D eigenvalue weighted by Crippen LogP contribution is 2.37. The fourth-order valence-electron chi connectivity index (χ4n) is 1.39. The minimum Gasteiger partial charge on any atom is -0.314 e. The van der Waals surface area contributed by atoms with Crippen molar-refractivity contribution in [3.05, 3.63) is 0 Å². The van der Waals surface area contributed by atoms with Crippen LogP contribution in [-0.4, -0.2) is 27.8 Å². The van der Waals surface area contributed by atoms with Crippen molar-refractivity contribution in [1.82, 2.24) is 5.32 Å². The first-order valence-corrected chi connectivity index (χ1v) is 4.86. The molecular formula is C5H10N2OS. The van der Waals surface area contributed by atoms with E-state index in [1.54, 1.807) is 0 Å². The highest BCUT2D eigenvalue weighted by molar-refractivity contribution is 7.95. The van der Waals surface area contributed by atoms with Gasteiger partial charge in [0.15, 0.2) is 0 Å². The molecule has 0 aromatic heterocycles. The van der Waals surface area contributed by atoms with Crippen molar-refractivity contribution in [2.24, 2.45) is 0 Å². The molecule has 0 radical (unpaired) electrons. The Morgan fingerprint density at radius 3 is 2.22 bits per heavy atom. The Labute approximate surface area is 54.8 Å². The Morgan fingerprint density at radius 1 is 1.56 bits per heavy atom. The molecule has 0 aliphatic carbocycles. The van der Waals surface area contributed by atoms with E-state index in [1.165, 1.54) is 0 Å². The van der Waals surface area contributed by atoms with Gasteiger partial charge >= 0.3 is 0 Å². The Hall–Kier alpha value is -0.0900. The molecule has 2 N–H and O–H groups in total. The van der Waals surface area contributed by atoms with Gasteiger partial charge in [0, 0.05) is 18.8 Å². The lowest BCUT2D eigenvalue weighted by Crippen LogP contribution is -2.70. The summed E-state index contributed by atoms with van der Waals surface area (Å²) >= 11 is 0. The van der Waals surface area contributed by atoms with E-state index in [2.05, 4.69) is 5.32 Å². The fraction of sp³-hybridized carbons (Fsp3) is 1.00. The maximum Gasteiger partial charge on any atom is 0.0795 e. The van der Waals surface area contributed by atoms with Crippen molar-refractivity contribution in [3.63, 3.8) is 0 Å². The Bertz CT molecular complexity index is 222. The molecule has 4 heteroatoms. The lowest BCUT2D eigenvalue weighted by Gasteiger charge is -2.50. The number of rotatable bonds is 0. The molecule has 52 valence electrons. The summed E-state index contributed by atoms with van der Waals surface area (Å²) in [4.78, 5) is 0. The lowest BCUT2D eigenvalue weighted by atomic mass is 9.98. The fourth-order valence-corrected chi connectivity index (χ4v) is 3.21. The first-order valence-electron chi connectivity index (χ1n) is 3.13. The summed E-state index contributed by atoms with van der Waals surface area (Å²) in [6, 6.07) is 0. The van der Waals surface area contributed by atoms with Crippen LogP contribution in [0.4, 0.5) is 0 Å². The van der Waals surface area contributed by atoms with E-state index in [4.69, 9.17) is 4.78 Å². The summed E-state index contributed by atoms with van der Waals surface area (Å²) in [5.74, 6) is 0.634. The molecule has 2 aliphatic heterocycles. The van der Waals surface area contributed by atoms with Crippen molar-refractivity contribution in [2.75, 3.05) is 18.8 Å². The molecule has 0 amide bonds. The average molecular weight is 146 g/mol. The Morgan fingerprint density at radius 2 is 2.22 bits per heavy atom. The van der Waals surface area contributed by atoms with Gasteiger partial charge in [-0.1, -0.05) is 0 Å². The summed E-state index contributed by atoms with van der Waals surface area (Å²) < 4.78 is 18.5. The molecule has 1 atom stereocenters. The standard InChI is InChI=1S/C5H10N2OS/c6-9(8)2-1-5(9)3-7-4-5/h6-7H,1-4H2. The largest absolute Gasteiger partial charge is 0.314 e. The predicted molar refractivity (Wildman–Crippen MR) is 35.9 cm³/mol. The molecule has 2 fully saturated rings. The van der Waals surface area contributed by atoms with Crippen LogP contribution in [0.1, 0.15) is 6.42 Å².